The molecular weight excluding hydrogens is 398 g/mol. The first-order chi connectivity index (χ1) is 13.6. The number of nitrogens with one attached hydrogen (secondary N) is 2. The molecule has 29 heavy (non-hydrogen) atoms. The standard InChI is InChI=1S/C19H23N3O6S/c1-13-4-5-14(2)19(15(13)3)28-12-18(23)20-10-11-21-29(26,27)17-8-6-16(7-9-17)22(24)25/h4-9,21H,10-12H2,1-3H3,(H,20,23). The van der Waals surface area contributed by atoms with Crippen LogP contribution >= 0.6 is 0 Å². The van der Waals surface area contributed by atoms with Crippen LogP contribution in [0.2, 0.25) is 0 Å². The van der Waals surface area contributed by atoms with E-state index in [2.05, 4.69) is 10.0 Å². The zero-order valence-electron chi connectivity index (χ0n) is 16.4. The van der Waals surface area contributed by atoms with Crippen LogP contribution in [0.5, 0.6) is 5.75 Å². The Hall–Kier alpha value is -2.98. The molecule has 0 saturated carbocycles. The number of sulfonamides is 1. The predicted molar refractivity (Wildman–Crippen MR) is 107 cm³/mol. The van der Waals surface area contributed by atoms with E-state index in [1.807, 2.05) is 32.9 Å². The second-order valence-electron chi connectivity index (χ2n) is 6.44. The number of hydrogen-bond donors (Lipinski definition) is 2. The van der Waals surface area contributed by atoms with Crippen molar-refractivity contribution >= 4 is 21.6 Å². The van der Waals surface area contributed by atoms with Gasteiger partial charge in [0.05, 0.1) is 9.82 Å². The lowest BCUT2D eigenvalue weighted by molar-refractivity contribution is -0.384. The molecule has 0 atom stereocenters. The summed E-state index contributed by atoms with van der Waals surface area (Å²) in [4.78, 5) is 21.9. The number of ether oxygens (including phenoxy) is 1. The fourth-order valence-corrected chi connectivity index (χ4v) is 3.59. The fraction of sp³-hybridized carbons (Fsp3) is 0.316. The molecule has 0 fully saturated rings. The zero-order chi connectivity index (χ0) is 21.6. The van der Waals surface area contributed by atoms with Crippen molar-refractivity contribution in [3.63, 3.8) is 0 Å². The first kappa shape index (κ1) is 22.3. The summed E-state index contributed by atoms with van der Waals surface area (Å²) in [5.74, 6) is 0.291. The number of carbonyl (C=O) groups excluding carboxylic acids is 1. The van der Waals surface area contributed by atoms with E-state index >= 15 is 0 Å². The molecule has 0 heterocycles. The van der Waals surface area contributed by atoms with Crippen LogP contribution in [0.25, 0.3) is 0 Å². The van der Waals surface area contributed by atoms with Gasteiger partial charge in [-0.1, -0.05) is 12.1 Å². The molecule has 0 aliphatic heterocycles. The largest absolute Gasteiger partial charge is 0.483 e. The summed E-state index contributed by atoms with van der Waals surface area (Å²) < 4.78 is 32.2. The SMILES string of the molecule is Cc1ccc(C)c(OCC(=O)NCCNS(=O)(=O)c2ccc([N+](=O)[O-])cc2)c1C. The highest BCUT2D eigenvalue weighted by atomic mass is 32.2. The highest BCUT2D eigenvalue weighted by Gasteiger charge is 2.15. The molecule has 0 aliphatic rings. The Morgan fingerprint density at radius 3 is 2.28 bits per heavy atom. The molecule has 2 N–H and O–H groups in total. The maximum Gasteiger partial charge on any atom is 0.269 e. The van der Waals surface area contributed by atoms with Gasteiger partial charge in [-0.05, 0) is 49.6 Å². The summed E-state index contributed by atoms with van der Waals surface area (Å²) in [5.41, 5.74) is 2.76. The highest BCUT2D eigenvalue weighted by Crippen LogP contribution is 2.25. The summed E-state index contributed by atoms with van der Waals surface area (Å²) >= 11 is 0. The van der Waals surface area contributed by atoms with Crippen LogP contribution < -0.4 is 14.8 Å². The lowest BCUT2D eigenvalue weighted by Crippen LogP contribution is -2.36. The normalized spacial score (nSPS) is 11.1. The number of nitro groups is 1. The number of carbonyl (C=O) groups is 1. The molecule has 2 rings (SSSR count). The Balaban J connectivity index is 1.80. The second-order valence-corrected chi connectivity index (χ2v) is 8.21. The summed E-state index contributed by atoms with van der Waals surface area (Å²) in [6.45, 7) is 5.63. The van der Waals surface area contributed by atoms with Crippen molar-refractivity contribution in [3.05, 3.63) is 63.2 Å². The van der Waals surface area contributed by atoms with Crippen LogP contribution in [0.15, 0.2) is 41.3 Å². The van der Waals surface area contributed by atoms with Crippen molar-refractivity contribution in [1.82, 2.24) is 10.0 Å². The van der Waals surface area contributed by atoms with Gasteiger partial charge in [0, 0.05) is 25.2 Å². The summed E-state index contributed by atoms with van der Waals surface area (Å²) in [6, 6.07) is 8.43. The van der Waals surface area contributed by atoms with Crippen LogP contribution in [0.4, 0.5) is 5.69 Å². The maximum atomic E-state index is 12.2. The van der Waals surface area contributed by atoms with Gasteiger partial charge >= 0.3 is 0 Å². The Bertz CT molecular complexity index is 1000. The number of nitrogens with zero attached hydrogens (tertiary/aromatic N) is 1. The van der Waals surface area contributed by atoms with Gasteiger partial charge in [-0.2, -0.15) is 0 Å². The molecule has 2 aromatic rings. The lowest BCUT2D eigenvalue weighted by atomic mass is 10.1. The molecule has 0 aromatic heterocycles. The van der Waals surface area contributed by atoms with Crippen LogP contribution in [0.1, 0.15) is 16.7 Å². The molecule has 0 unspecified atom stereocenters. The minimum atomic E-state index is -3.83. The fourth-order valence-electron chi connectivity index (χ4n) is 2.55. The molecule has 2 aromatic carbocycles. The van der Waals surface area contributed by atoms with E-state index < -0.39 is 14.9 Å². The van der Waals surface area contributed by atoms with Gasteiger partial charge in [-0.25, -0.2) is 13.1 Å². The summed E-state index contributed by atoms with van der Waals surface area (Å²) in [5, 5.41) is 13.2. The van der Waals surface area contributed by atoms with Crippen molar-refractivity contribution in [2.75, 3.05) is 19.7 Å². The van der Waals surface area contributed by atoms with Crippen molar-refractivity contribution in [3.8, 4) is 5.75 Å². The van der Waals surface area contributed by atoms with E-state index in [0.717, 1.165) is 41.0 Å². The molecule has 9 nitrogen and oxygen atoms in total. The first-order valence-electron chi connectivity index (χ1n) is 8.82. The third-order valence-corrected chi connectivity index (χ3v) is 5.80. The topological polar surface area (TPSA) is 128 Å². The van der Waals surface area contributed by atoms with Crippen molar-refractivity contribution < 1.29 is 22.9 Å². The number of benzene rings is 2. The molecule has 0 bridgehead atoms. The van der Waals surface area contributed by atoms with Crippen LogP contribution in [-0.4, -0.2) is 38.9 Å². The zero-order valence-corrected chi connectivity index (χ0v) is 17.2. The highest BCUT2D eigenvalue weighted by molar-refractivity contribution is 7.89. The first-order valence-corrected chi connectivity index (χ1v) is 10.3. The maximum absolute atomic E-state index is 12.2. The van der Waals surface area contributed by atoms with Gasteiger partial charge in [0.15, 0.2) is 6.61 Å². The van der Waals surface area contributed by atoms with Gasteiger partial charge in [-0.3, -0.25) is 14.9 Å². The molecule has 0 saturated heterocycles. The van der Waals surface area contributed by atoms with Gasteiger partial charge in [-0.15, -0.1) is 0 Å². The Morgan fingerprint density at radius 1 is 1.03 bits per heavy atom. The van der Waals surface area contributed by atoms with Crippen LogP contribution in [0, 0.1) is 30.9 Å². The predicted octanol–water partition coefficient (Wildman–Crippen LogP) is 1.99. The average molecular weight is 421 g/mol. The van der Waals surface area contributed by atoms with E-state index in [1.54, 1.807) is 0 Å². The van der Waals surface area contributed by atoms with Gasteiger partial charge in [0.25, 0.3) is 11.6 Å². The van der Waals surface area contributed by atoms with E-state index in [0.29, 0.717) is 5.75 Å². The van der Waals surface area contributed by atoms with E-state index in [9.17, 15) is 23.3 Å². The number of aryl methyl sites for hydroxylation is 2. The van der Waals surface area contributed by atoms with Gasteiger partial charge in [0.1, 0.15) is 5.75 Å². The van der Waals surface area contributed by atoms with Gasteiger partial charge < -0.3 is 10.1 Å². The quantitative estimate of drug-likeness (QED) is 0.362. The Labute approximate surface area is 169 Å². The Morgan fingerprint density at radius 2 is 1.66 bits per heavy atom. The Kier molecular flexibility index (Phi) is 7.29. The molecule has 1 amide bonds. The molecule has 0 radical (unpaired) electrons. The second kappa shape index (κ2) is 9.48. The number of non-ortho nitro benzene ring substituents is 1. The third-order valence-electron chi connectivity index (χ3n) is 4.32. The van der Waals surface area contributed by atoms with Crippen molar-refractivity contribution in [1.29, 1.82) is 0 Å². The average Bonchev–Trinajstić information content (AvgIpc) is 2.68. The minimum absolute atomic E-state index is 0.0342. The summed E-state index contributed by atoms with van der Waals surface area (Å²) in [6.07, 6.45) is 0. The van der Waals surface area contributed by atoms with Crippen LogP contribution in [-0.2, 0) is 14.8 Å². The lowest BCUT2D eigenvalue weighted by Gasteiger charge is -2.14. The third kappa shape index (κ3) is 6.00. The number of hydrogen-bond acceptors (Lipinski definition) is 6. The molecular formula is C19H23N3O6S. The smallest absolute Gasteiger partial charge is 0.269 e. The van der Waals surface area contributed by atoms with Gasteiger partial charge in [0.2, 0.25) is 10.0 Å². The number of nitro benzene ring substituents is 1. The molecule has 0 spiro atoms. The summed E-state index contributed by atoms with van der Waals surface area (Å²) in [7, 11) is -3.83. The van der Waals surface area contributed by atoms with Crippen molar-refractivity contribution in [2.45, 2.75) is 25.7 Å². The number of amides is 1. The minimum Gasteiger partial charge on any atom is -0.483 e. The van der Waals surface area contributed by atoms with Crippen LogP contribution in [0.3, 0.4) is 0 Å². The van der Waals surface area contributed by atoms with E-state index in [-0.39, 0.29) is 36.2 Å². The van der Waals surface area contributed by atoms with Crippen molar-refractivity contribution in [2.24, 2.45) is 0 Å². The van der Waals surface area contributed by atoms with E-state index in [1.165, 1.54) is 0 Å². The monoisotopic (exact) mass is 421 g/mol. The molecule has 10 heteroatoms. The molecule has 156 valence electrons. The number of rotatable bonds is 9. The molecule has 0 aliphatic carbocycles. The van der Waals surface area contributed by atoms with E-state index in [4.69, 9.17) is 4.74 Å².